The first kappa shape index (κ1) is 22.4. The van der Waals surface area contributed by atoms with E-state index in [1.165, 1.54) is 44.1 Å². The molecule has 0 heterocycles. The van der Waals surface area contributed by atoms with Gasteiger partial charge >= 0.3 is 0 Å². The van der Waals surface area contributed by atoms with Gasteiger partial charge in [0, 0.05) is 5.41 Å². The third kappa shape index (κ3) is 3.58. The molecule has 1 heteroatoms. The van der Waals surface area contributed by atoms with E-state index in [-0.39, 0.29) is 11.5 Å². The second kappa shape index (κ2) is 8.27. The average Bonchev–Trinajstić information content (AvgIpc) is 3.06. The van der Waals surface area contributed by atoms with Gasteiger partial charge in [0.1, 0.15) is 0 Å². The molecule has 168 valence electrons. The van der Waals surface area contributed by atoms with Gasteiger partial charge in [-0.1, -0.05) is 78.2 Å². The summed E-state index contributed by atoms with van der Waals surface area (Å²) in [4.78, 5) is 0. The molecule has 0 amide bonds. The van der Waals surface area contributed by atoms with E-state index >= 15 is 0 Å². The van der Waals surface area contributed by atoms with E-state index in [0.29, 0.717) is 5.41 Å². The molecular formula is C29H46O. The predicted octanol–water partition coefficient (Wildman–Crippen LogP) is 7.87. The maximum absolute atomic E-state index is 10.2. The molecule has 1 nitrogen and oxygen atoms in total. The van der Waals surface area contributed by atoms with Crippen LogP contribution in [0.25, 0.3) is 0 Å². The van der Waals surface area contributed by atoms with Crippen LogP contribution in [0.5, 0.6) is 0 Å². The molecule has 0 bridgehead atoms. The van der Waals surface area contributed by atoms with Gasteiger partial charge in [-0.2, -0.15) is 0 Å². The summed E-state index contributed by atoms with van der Waals surface area (Å²) >= 11 is 0. The number of hydrogen-bond donors (Lipinski definition) is 1. The van der Waals surface area contributed by atoms with Crippen molar-refractivity contribution in [2.75, 3.05) is 0 Å². The summed E-state index contributed by atoms with van der Waals surface area (Å²) in [6.07, 6.45) is 18.5. The van der Waals surface area contributed by atoms with Crippen LogP contribution in [-0.2, 0) is 0 Å². The normalized spacial score (nSPS) is 40.0. The second-order valence-electron chi connectivity index (χ2n) is 12.1. The minimum absolute atomic E-state index is 0.136. The summed E-state index contributed by atoms with van der Waals surface area (Å²) in [7, 11) is 0. The van der Waals surface area contributed by atoms with E-state index in [9.17, 15) is 5.11 Å². The predicted molar refractivity (Wildman–Crippen MR) is 128 cm³/mol. The molecule has 0 spiro atoms. The zero-order chi connectivity index (χ0) is 21.7. The van der Waals surface area contributed by atoms with Crippen LogP contribution in [-0.4, -0.2) is 11.2 Å². The molecular weight excluding hydrogens is 364 g/mol. The lowest BCUT2D eigenvalue weighted by Crippen LogP contribution is -2.41. The van der Waals surface area contributed by atoms with Gasteiger partial charge < -0.3 is 5.11 Å². The molecule has 4 aliphatic rings. The lowest BCUT2D eigenvalue weighted by atomic mass is 9.54. The molecule has 0 radical (unpaired) electrons. The molecule has 0 aliphatic heterocycles. The van der Waals surface area contributed by atoms with Crippen LogP contribution in [0.15, 0.2) is 34.9 Å². The van der Waals surface area contributed by atoms with E-state index in [1.807, 2.05) is 0 Å². The topological polar surface area (TPSA) is 20.2 Å². The zero-order valence-electron chi connectivity index (χ0n) is 20.5. The largest absolute Gasteiger partial charge is 0.393 e. The monoisotopic (exact) mass is 410 g/mol. The van der Waals surface area contributed by atoms with Gasteiger partial charge in [0.15, 0.2) is 0 Å². The van der Waals surface area contributed by atoms with E-state index in [2.05, 4.69) is 59.8 Å². The van der Waals surface area contributed by atoms with Crippen LogP contribution in [0.2, 0.25) is 0 Å². The van der Waals surface area contributed by atoms with Crippen LogP contribution in [0.1, 0.15) is 99.3 Å². The van der Waals surface area contributed by atoms with E-state index in [0.717, 1.165) is 48.9 Å². The van der Waals surface area contributed by atoms with Gasteiger partial charge in [-0.15, -0.1) is 0 Å². The number of aliphatic hydroxyl groups is 1. The summed E-state index contributed by atoms with van der Waals surface area (Å²) in [6, 6.07) is 0. The average molecular weight is 411 g/mol. The van der Waals surface area contributed by atoms with Crippen molar-refractivity contribution in [3.63, 3.8) is 0 Å². The molecule has 0 aromatic carbocycles. The summed E-state index contributed by atoms with van der Waals surface area (Å²) in [6.45, 7) is 14.8. The Labute approximate surface area is 186 Å². The molecule has 2 fully saturated rings. The highest BCUT2D eigenvalue weighted by Gasteiger charge is 2.54. The Hall–Kier alpha value is -0.820. The Bertz CT molecular complexity index is 739. The Morgan fingerprint density at radius 1 is 1.07 bits per heavy atom. The van der Waals surface area contributed by atoms with Crippen molar-refractivity contribution in [2.45, 2.75) is 105 Å². The Morgan fingerprint density at radius 2 is 1.83 bits per heavy atom. The quantitative estimate of drug-likeness (QED) is 0.472. The molecule has 1 N–H and O–H groups in total. The number of hydrogen-bond acceptors (Lipinski definition) is 1. The highest BCUT2D eigenvalue weighted by atomic mass is 16.3. The second-order valence-corrected chi connectivity index (χ2v) is 12.1. The summed E-state index contributed by atoms with van der Waals surface area (Å²) in [5.74, 6) is 4.13. The standard InChI is InChI=1S/C29H46O/c1-7-21(19(2)3)9-8-20(4)25-12-13-26-24-11-10-22-18-23(30)14-16-28(22,5)27(24)15-17-29(25,26)6/h10-11,15,19-21,23,25-26,30H,7-9,12-14,16-18H2,1-6H3/t20-,21+,23+,25?,26?,28?,29?/m1/s1. The van der Waals surface area contributed by atoms with Crippen molar-refractivity contribution in [3.05, 3.63) is 34.9 Å². The number of fused-ring (bicyclic) bond motifs is 5. The fourth-order valence-corrected chi connectivity index (χ4v) is 8.01. The molecule has 0 saturated heterocycles. The van der Waals surface area contributed by atoms with Gasteiger partial charge in [0.05, 0.1) is 6.10 Å². The molecule has 4 unspecified atom stereocenters. The highest BCUT2D eigenvalue weighted by molar-refractivity contribution is 5.53. The van der Waals surface area contributed by atoms with Gasteiger partial charge in [-0.3, -0.25) is 0 Å². The summed E-state index contributed by atoms with van der Waals surface area (Å²) in [5.41, 5.74) is 5.38. The zero-order valence-corrected chi connectivity index (χ0v) is 20.5. The molecule has 30 heavy (non-hydrogen) atoms. The third-order valence-corrected chi connectivity index (χ3v) is 10.2. The van der Waals surface area contributed by atoms with Crippen LogP contribution in [0.3, 0.4) is 0 Å². The lowest BCUT2D eigenvalue weighted by molar-refractivity contribution is 0.105. The number of allylic oxidation sites excluding steroid dienone is 5. The first-order valence-corrected chi connectivity index (χ1v) is 13.0. The lowest BCUT2D eigenvalue weighted by Gasteiger charge is -2.50. The van der Waals surface area contributed by atoms with E-state index < -0.39 is 0 Å². The third-order valence-electron chi connectivity index (χ3n) is 10.2. The van der Waals surface area contributed by atoms with E-state index in [4.69, 9.17) is 0 Å². The van der Waals surface area contributed by atoms with Crippen LogP contribution < -0.4 is 0 Å². The molecule has 4 rings (SSSR count). The van der Waals surface area contributed by atoms with Crippen molar-refractivity contribution in [1.29, 1.82) is 0 Å². The van der Waals surface area contributed by atoms with Crippen molar-refractivity contribution in [1.82, 2.24) is 0 Å². The van der Waals surface area contributed by atoms with Gasteiger partial charge in [-0.25, -0.2) is 0 Å². The van der Waals surface area contributed by atoms with Crippen molar-refractivity contribution in [2.24, 2.45) is 40.4 Å². The summed E-state index contributed by atoms with van der Waals surface area (Å²) < 4.78 is 0. The summed E-state index contributed by atoms with van der Waals surface area (Å²) in [5, 5.41) is 10.2. The minimum atomic E-state index is -0.136. The molecule has 0 aromatic heterocycles. The van der Waals surface area contributed by atoms with Crippen molar-refractivity contribution < 1.29 is 5.11 Å². The van der Waals surface area contributed by atoms with Crippen LogP contribution in [0.4, 0.5) is 0 Å². The first-order chi connectivity index (χ1) is 14.2. The van der Waals surface area contributed by atoms with Crippen LogP contribution in [0, 0.1) is 40.4 Å². The Kier molecular flexibility index (Phi) is 6.17. The molecule has 2 saturated carbocycles. The van der Waals surface area contributed by atoms with Gasteiger partial charge in [-0.05, 0) is 91.1 Å². The highest BCUT2D eigenvalue weighted by Crippen LogP contribution is 2.64. The SMILES string of the molecule is CC[C@@H](CC[C@@H](C)C1CCC2C3=CC=C4C[C@@H](O)CCC4(C)C3=CCC21C)C(C)C. The first-order valence-electron chi connectivity index (χ1n) is 13.0. The van der Waals surface area contributed by atoms with Crippen LogP contribution >= 0.6 is 0 Å². The van der Waals surface area contributed by atoms with Crippen molar-refractivity contribution in [3.8, 4) is 0 Å². The maximum Gasteiger partial charge on any atom is 0.0578 e. The fraction of sp³-hybridized carbons (Fsp3) is 0.793. The smallest absolute Gasteiger partial charge is 0.0578 e. The van der Waals surface area contributed by atoms with Gasteiger partial charge in [0.2, 0.25) is 0 Å². The number of rotatable bonds is 6. The fourth-order valence-electron chi connectivity index (χ4n) is 8.01. The maximum atomic E-state index is 10.2. The molecule has 7 atom stereocenters. The van der Waals surface area contributed by atoms with Crippen molar-refractivity contribution >= 4 is 0 Å². The minimum Gasteiger partial charge on any atom is -0.393 e. The Balaban J connectivity index is 1.54. The Morgan fingerprint density at radius 3 is 2.53 bits per heavy atom. The number of aliphatic hydroxyl groups excluding tert-OH is 1. The van der Waals surface area contributed by atoms with E-state index in [1.54, 1.807) is 11.1 Å². The molecule has 0 aromatic rings. The van der Waals surface area contributed by atoms with Gasteiger partial charge in [0.25, 0.3) is 0 Å². The molecule has 4 aliphatic carbocycles.